The number of imide groups is 1. The van der Waals surface area contributed by atoms with Crippen LogP contribution in [0.25, 0.3) is 10.8 Å². The third kappa shape index (κ3) is 3.17. The lowest BCUT2D eigenvalue weighted by molar-refractivity contribution is -0.121. The summed E-state index contributed by atoms with van der Waals surface area (Å²) in [5, 5.41) is 2.11. The van der Waals surface area contributed by atoms with Crippen LogP contribution in [0.1, 0.15) is 23.2 Å². The van der Waals surface area contributed by atoms with Gasteiger partial charge in [0.1, 0.15) is 5.75 Å². The van der Waals surface area contributed by atoms with E-state index in [-0.39, 0.29) is 24.7 Å². The van der Waals surface area contributed by atoms with Crippen LogP contribution >= 0.6 is 11.6 Å². The van der Waals surface area contributed by atoms with Gasteiger partial charge in [0.25, 0.3) is 0 Å². The van der Waals surface area contributed by atoms with Gasteiger partial charge in [-0.05, 0) is 36.4 Å². The Bertz CT molecular complexity index is 1060. The van der Waals surface area contributed by atoms with Gasteiger partial charge in [-0.1, -0.05) is 35.9 Å². The first kappa shape index (κ1) is 17.2. The number of carbonyl (C=O) groups excluding carboxylic acids is 3. The minimum atomic E-state index is -0.534. The normalized spacial score (nSPS) is 14.0. The first-order valence-corrected chi connectivity index (χ1v) is 8.77. The van der Waals surface area contributed by atoms with E-state index in [2.05, 4.69) is 0 Å². The molecule has 0 N–H and O–H groups in total. The molecule has 1 aliphatic rings. The molecule has 2 amide bonds. The summed E-state index contributed by atoms with van der Waals surface area (Å²) < 4.78 is 5.53. The van der Waals surface area contributed by atoms with E-state index in [1.54, 1.807) is 24.3 Å². The Morgan fingerprint density at radius 1 is 0.852 bits per heavy atom. The zero-order valence-corrected chi connectivity index (χ0v) is 14.9. The lowest BCUT2D eigenvalue weighted by Crippen LogP contribution is -2.28. The highest BCUT2D eigenvalue weighted by atomic mass is 35.5. The molecule has 1 aliphatic heterocycles. The zero-order valence-electron chi connectivity index (χ0n) is 14.1. The van der Waals surface area contributed by atoms with Crippen molar-refractivity contribution in [3.8, 4) is 5.75 Å². The fourth-order valence-corrected chi connectivity index (χ4v) is 3.32. The van der Waals surface area contributed by atoms with Crippen molar-refractivity contribution in [1.29, 1.82) is 0 Å². The van der Waals surface area contributed by atoms with E-state index < -0.39 is 5.97 Å². The summed E-state index contributed by atoms with van der Waals surface area (Å²) in [6.45, 7) is 0. The van der Waals surface area contributed by atoms with Crippen LogP contribution in [-0.2, 0) is 9.59 Å². The van der Waals surface area contributed by atoms with Gasteiger partial charge in [0, 0.05) is 28.6 Å². The average Bonchev–Trinajstić information content (AvgIpc) is 3.02. The second kappa shape index (κ2) is 6.85. The molecular weight excluding hydrogens is 366 g/mol. The number of rotatable bonds is 3. The van der Waals surface area contributed by atoms with Crippen molar-refractivity contribution in [1.82, 2.24) is 0 Å². The molecule has 134 valence electrons. The number of anilines is 1. The Labute approximate surface area is 160 Å². The Morgan fingerprint density at radius 3 is 2.15 bits per heavy atom. The highest BCUT2D eigenvalue weighted by molar-refractivity contribution is 6.35. The summed E-state index contributed by atoms with van der Waals surface area (Å²) >= 11 is 6.19. The molecule has 0 radical (unpaired) electrons. The predicted molar refractivity (Wildman–Crippen MR) is 102 cm³/mol. The molecular formula is C21H14ClNO4. The van der Waals surface area contributed by atoms with Gasteiger partial charge in [-0.3, -0.25) is 14.5 Å². The van der Waals surface area contributed by atoms with Crippen LogP contribution in [0.15, 0.2) is 60.7 Å². The third-order valence-electron chi connectivity index (χ3n) is 4.45. The number of benzene rings is 3. The van der Waals surface area contributed by atoms with Gasteiger partial charge in [0.15, 0.2) is 0 Å². The molecule has 3 aromatic carbocycles. The summed E-state index contributed by atoms with van der Waals surface area (Å²) in [6.07, 6.45) is 0.429. The lowest BCUT2D eigenvalue weighted by atomic mass is 10.1. The van der Waals surface area contributed by atoms with Crippen LogP contribution in [-0.4, -0.2) is 17.8 Å². The number of amides is 2. The molecule has 3 aromatic rings. The van der Waals surface area contributed by atoms with Crippen molar-refractivity contribution in [2.75, 3.05) is 4.90 Å². The van der Waals surface area contributed by atoms with E-state index in [0.717, 1.165) is 15.7 Å². The van der Waals surface area contributed by atoms with Gasteiger partial charge < -0.3 is 4.74 Å². The number of halogens is 1. The molecule has 0 aromatic heterocycles. The summed E-state index contributed by atoms with van der Waals surface area (Å²) in [4.78, 5) is 37.2. The fourth-order valence-electron chi connectivity index (χ4n) is 3.09. The summed E-state index contributed by atoms with van der Waals surface area (Å²) in [5.41, 5.74) is 0.771. The van der Waals surface area contributed by atoms with Crippen molar-refractivity contribution in [2.24, 2.45) is 0 Å². The molecule has 6 heteroatoms. The number of esters is 1. The maximum Gasteiger partial charge on any atom is 0.343 e. The molecule has 1 heterocycles. The van der Waals surface area contributed by atoms with Crippen molar-refractivity contribution in [2.45, 2.75) is 12.8 Å². The van der Waals surface area contributed by atoms with Crippen LogP contribution in [0.5, 0.6) is 5.75 Å². The monoisotopic (exact) mass is 379 g/mol. The van der Waals surface area contributed by atoms with Gasteiger partial charge in [0.05, 0.1) is 11.3 Å². The largest absolute Gasteiger partial charge is 0.422 e. The van der Waals surface area contributed by atoms with E-state index in [1.165, 1.54) is 12.1 Å². The van der Waals surface area contributed by atoms with Gasteiger partial charge >= 0.3 is 5.97 Å². The number of nitrogens with zero attached hydrogens (tertiary/aromatic N) is 1. The molecule has 27 heavy (non-hydrogen) atoms. The number of carbonyl (C=O) groups is 3. The van der Waals surface area contributed by atoms with Gasteiger partial charge in [-0.15, -0.1) is 0 Å². The SMILES string of the molecule is O=C(Oc1ccc(Cl)c2ccccc12)c1ccc(N2C(=O)CCC2=O)cc1. The standard InChI is InChI=1S/C21H14ClNO4/c22-17-9-10-18(16-4-2-1-3-15(16)17)27-21(26)13-5-7-14(8-6-13)23-19(24)11-12-20(23)25/h1-10H,11-12H2. The number of ether oxygens (including phenoxy) is 1. The molecule has 1 fully saturated rings. The van der Waals surface area contributed by atoms with Crippen LogP contribution < -0.4 is 9.64 Å². The summed E-state index contributed by atoms with van der Waals surface area (Å²) in [7, 11) is 0. The molecule has 0 spiro atoms. The van der Waals surface area contributed by atoms with Crippen molar-refractivity contribution in [3.05, 3.63) is 71.2 Å². The Hall–Kier alpha value is -3.18. The zero-order chi connectivity index (χ0) is 19.0. The minimum Gasteiger partial charge on any atom is -0.422 e. The third-order valence-corrected chi connectivity index (χ3v) is 4.78. The van der Waals surface area contributed by atoms with Gasteiger partial charge in [-0.2, -0.15) is 0 Å². The molecule has 5 nitrogen and oxygen atoms in total. The molecule has 4 rings (SSSR count). The molecule has 0 unspecified atom stereocenters. The highest BCUT2D eigenvalue weighted by Gasteiger charge is 2.30. The van der Waals surface area contributed by atoms with Gasteiger partial charge in [0.2, 0.25) is 11.8 Å². The summed E-state index contributed by atoms with van der Waals surface area (Å²) in [5.74, 6) is -0.590. The number of hydrogen-bond donors (Lipinski definition) is 0. The quantitative estimate of drug-likeness (QED) is 0.385. The van der Waals surface area contributed by atoms with Crippen LogP contribution in [0.3, 0.4) is 0 Å². The highest BCUT2D eigenvalue weighted by Crippen LogP contribution is 2.32. The molecule has 0 aliphatic carbocycles. The fraction of sp³-hybridized carbons (Fsp3) is 0.0952. The Kier molecular flexibility index (Phi) is 4.38. The Morgan fingerprint density at radius 2 is 1.48 bits per heavy atom. The molecule has 0 saturated carbocycles. The second-order valence-corrected chi connectivity index (χ2v) is 6.56. The van der Waals surface area contributed by atoms with Gasteiger partial charge in [-0.25, -0.2) is 4.79 Å². The van der Waals surface area contributed by atoms with Crippen molar-refractivity contribution < 1.29 is 19.1 Å². The molecule has 0 atom stereocenters. The molecule has 1 saturated heterocycles. The van der Waals surface area contributed by atoms with Crippen LogP contribution in [0.4, 0.5) is 5.69 Å². The van der Waals surface area contributed by atoms with Crippen LogP contribution in [0.2, 0.25) is 5.02 Å². The smallest absolute Gasteiger partial charge is 0.343 e. The average molecular weight is 380 g/mol. The van der Waals surface area contributed by atoms with Crippen molar-refractivity contribution in [3.63, 3.8) is 0 Å². The van der Waals surface area contributed by atoms with E-state index in [4.69, 9.17) is 16.3 Å². The van der Waals surface area contributed by atoms with Crippen molar-refractivity contribution >= 4 is 45.8 Å². The number of fused-ring (bicyclic) bond motifs is 1. The Balaban J connectivity index is 1.58. The maximum atomic E-state index is 12.5. The second-order valence-electron chi connectivity index (χ2n) is 6.15. The maximum absolute atomic E-state index is 12.5. The lowest BCUT2D eigenvalue weighted by Gasteiger charge is -2.14. The van der Waals surface area contributed by atoms with Crippen LogP contribution in [0, 0.1) is 0 Å². The number of hydrogen-bond acceptors (Lipinski definition) is 4. The van der Waals surface area contributed by atoms with E-state index in [0.29, 0.717) is 22.0 Å². The van der Waals surface area contributed by atoms with E-state index >= 15 is 0 Å². The topological polar surface area (TPSA) is 63.7 Å². The first-order chi connectivity index (χ1) is 13.0. The van der Waals surface area contributed by atoms with E-state index in [1.807, 2.05) is 24.3 Å². The molecule has 0 bridgehead atoms. The first-order valence-electron chi connectivity index (χ1n) is 8.40. The predicted octanol–water partition coefficient (Wildman–Crippen LogP) is 4.37. The van der Waals surface area contributed by atoms with E-state index in [9.17, 15) is 14.4 Å². The minimum absolute atomic E-state index is 0.215. The summed E-state index contributed by atoms with van der Waals surface area (Å²) in [6, 6.07) is 16.9.